The Morgan fingerprint density at radius 1 is 1.22 bits per heavy atom. The molecule has 0 spiro atoms. The van der Waals surface area contributed by atoms with Crippen molar-refractivity contribution in [3.05, 3.63) is 41.1 Å². The summed E-state index contributed by atoms with van der Waals surface area (Å²) in [4.78, 5) is 28.7. The van der Waals surface area contributed by atoms with E-state index >= 15 is 0 Å². The lowest BCUT2D eigenvalue weighted by atomic mass is 9.95. The number of nitrogens with one attached hydrogen (secondary N) is 1. The van der Waals surface area contributed by atoms with Crippen LogP contribution in [0.2, 0.25) is 0 Å². The molecule has 0 aromatic heterocycles. The van der Waals surface area contributed by atoms with Gasteiger partial charge >= 0.3 is 6.03 Å². The topological polar surface area (TPSA) is 61.9 Å². The van der Waals surface area contributed by atoms with E-state index in [1.54, 1.807) is 19.1 Å². The Hall–Kier alpha value is -2.50. The van der Waals surface area contributed by atoms with Crippen LogP contribution in [0.15, 0.2) is 35.5 Å². The second-order valence-electron chi connectivity index (χ2n) is 6.21. The summed E-state index contributed by atoms with van der Waals surface area (Å²) in [5, 5.41) is 2.94. The number of hydrogen-bond donors (Lipinski definition) is 1. The van der Waals surface area contributed by atoms with Gasteiger partial charge in [-0.25, -0.2) is 4.79 Å². The van der Waals surface area contributed by atoms with Gasteiger partial charge in [0.1, 0.15) is 5.75 Å². The third-order valence-electron chi connectivity index (χ3n) is 4.83. The van der Waals surface area contributed by atoms with Crippen molar-refractivity contribution in [2.45, 2.75) is 24.9 Å². The predicted octanol–water partition coefficient (Wildman–Crippen LogP) is 1.65. The van der Waals surface area contributed by atoms with Gasteiger partial charge in [0.2, 0.25) is 0 Å². The highest BCUT2D eigenvalue weighted by Gasteiger charge is 2.47. The highest BCUT2D eigenvalue weighted by Crippen LogP contribution is 2.41. The molecule has 1 N–H and O–H groups in total. The molecular weight excluding hydrogens is 294 g/mol. The molecule has 0 bridgehead atoms. The molecule has 4 rings (SSSR count). The van der Waals surface area contributed by atoms with Crippen molar-refractivity contribution in [3.8, 4) is 5.75 Å². The zero-order valence-electron chi connectivity index (χ0n) is 13.2. The highest BCUT2D eigenvalue weighted by atomic mass is 16.5. The maximum atomic E-state index is 12.9. The number of ether oxygens (including phenoxy) is 1. The molecule has 1 saturated carbocycles. The standard InChI is InChI=1S/C17H19N3O3/c1-19-12-9-20(10-7-8-10)16(21)14(12)15(18-17(19)22)11-5-3-4-6-13(11)23-2/h3-6,10,15H,7-9H2,1-2H3,(H,18,22)/t15-/m0/s1. The van der Waals surface area contributed by atoms with Crippen LogP contribution in [-0.4, -0.2) is 48.5 Å². The average Bonchev–Trinajstić information content (AvgIpc) is 3.35. The molecule has 2 heterocycles. The molecule has 2 aliphatic heterocycles. The van der Waals surface area contributed by atoms with Gasteiger partial charge in [-0.2, -0.15) is 0 Å². The van der Waals surface area contributed by atoms with Crippen molar-refractivity contribution in [2.75, 3.05) is 20.7 Å². The van der Waals surface area contributed by atoms with Crippen LogP contribution in [0.25, 0.3) is 0 Å². The minimum atomic E-state index is -0.457. The van der Waals surface area contributed by atoms with E-state index in [4.69, 9.17) is 4.74 Å². The van der Waals surface area contributed by atoms with Crippen LogP contribution in [0.1, 0.15) is 24.4 Å². The summed E-state index contributed by atoms with van der Waals surface area (Å²) in [7, 11) is 3.31. The van der Waals surface area contributed by atoms with Crippen LogP contribution in [-0.2, 0) is 4.79 Å². The number of hydrogen-bond acceptors (Lipinski definition) is 3. The Morgan fingerprint density at radius 2 is 1.96 bits per heavy atom. The smallest absolute Gasteiger partial charge is 0.322 e. The first-order valence-electron chi connectivity index (χ1n) is 7.83. The van der Waals surface area contributed by atoms with E-state index in [9.17, 15) is 9.59 Å². The average molecular weight is 313 g/mol. The number of urea groups is 1. The maximum Gasteiger partial charge on any atom is 0.322 e. The number of carbonyl (C=O) groups is 2. The van der Waals surface area contributed by atoms with Crippen molar-refractivity contribution in [2.24, 2.45) is 0 Å². The molecule has 1 aliphatic carbocycles. The first-order chi connectivity index (χ1) is 11.1. The van der Waals surface area contributed by atoms with E-state index < -0.39 is 6.04 Å². The van der Waals surface area contributed by atoms with E-state index in [0.717, 1.165) is 24.1 Å². The monoisotopic (exact) mass is 313 g/mol. The molecule has 1 fully saturated rings. The summed E-state index contributed by atoms with van der Waals surface area (Å²) in [6.07, 6.45) is 2.10. The minimum Gasteiger partial charge on any atom is -0.496 e. The molecule has 0 radical (unpaired) electrons. The van der Waals surface area contributed by atoms with Gasteiger partial charge in [0.05, 0.1) is 31.0 Å². The molecule has 1 aromatic rings. The fourth-order valence-corrected chi connectivity index (χ4v) is 3.41. The minimum absolute atomic E-state index is 0.0326. The first kappa shape index (κ1) is 14.1. The fraction of sp³-hybridized carbons (Fsp3) is 0.412. The Balaban J connectivity index is 1.80. The number of likely N-dealkylation sites (N-methyl/N-ethyl adjacent to an activating group) is 1. The van der Waals surface area contributed by atoms with E-state index in [2.05, 4.69) is 5.32 Å². The third-order valence-corrected chi connectivity index (χ3v) is 4.83. The number of carbonyl (C=O) groups excluding carboxylic acids is 2. The van der Waals surface area contributed by atoms with Gasteiger partial charge in [0.15, 0.2) is 0 Å². The van der Waals surface area contributed by atoms with Crippen molar-refractivity contribution in [1.29, 1.82) is 0 Å². The summed E-state index contributed by atoms with van der Waals surface area (Å²) >= 11 is 0. The summed E-state index contributed by atoms with van der Waals surface area (Å²) in [6.45, 7) is 0.522. The molecule has 6 heteroatoms. The van der Waals surface area contributed by atoms with Gasteiger partial charge < -0.3 is 15.0 Å². The van der Waals surface area contributed by atoms with Crippen LogP contribution in [0.4, 0.5) is 4.79 Å². The summed E-state index contributed by atoms with van der Waals surface area (Å²) < 4.78 is 5.42. The molecule has 0 saturated heterocycles. The lowest BCUT2D eigenvalue weighted by Gasteiger charge is -2.31. The van der Waals surface area contributed by atoms with Gasteiger partial charge in [0.25, 0.3) is 5.91 Å². The van der Waals surface area contributed by atoms with E-state index in [1.165, 1.54) is 0 Å². The zero-order valence-corrected chi connectivity index (χ0v) is 13.2. The van der Waals surface area contributed by atoms with Crippen molar-refractivity contribution in [3.63, 3.8) is 0 Å². The summed E-state index contributed by atoms with van der Waals surface area (Å²) in [5.41, 5.74) is 2.29. The van der Waals surface area contributed by atoms with Crippen LogP contribution < -0.4 is 10.1 Å². The predicted molar refractivity (Wildman–Crippen MR) is 83.8 cm³/mol. The fourth-order valence-electron chi connectivity index (χ4n) is 3.41. The van der Waals surface area contributed by atoms with Gasteiger partial charge in [-0.1, -0.05) is 18.2 Å². The van der Waals surface area contributed by atoms with E-state index in [0.29, 0.717) is 23.9 Å². The van der Waals surface area contributed by atoms with E-state index in [-0.39, 0.29) is 11.9 Å². The summed E-state index contributed by atoms with van der Waals surface area (Å²) in [5.74, 6) is 0.706. The van der Waals surface area contributed by atoms with E-state index in [1.807, 2.05) is 29.2 Å². The normalized spacial score (nSPS) is 24.0. The number of nitrogens with zero attached hydrogens (tertiary/aromatic N) is 2. The number of methoxy groups -OCH3 is 1. The lowest BCUT2D eigenvalue weighted by Crippen LogP contribution is -2.45. The number of benzene rings is 1. The molecule has 23 heavy (non-hydrogen) atoms. The SMILES string of the molecule is COc1ccccc1[C@@H]1NC(=O)N(C)C2=C1C(=O)N(C1CC1)C2. The molecule has 1 aromatic carbocycles. The van der Waals surface area contributed by atoms with Crippen LogP contribution >= 0.6 is 0 Å². The third kappa shape index (κ3) is 2.09. The van der Waals surface area contributed by atoms with Gasteiger partial charge in [-0.3, -0.25) is 9.69 Å². The lowest BCUT2D eigenvalue weighted by molar-refractivity contribution is -0.126. The Bertz CT molecular complexity index is 724. The largest absolute Gasteiger partial charge is 0.496 e. The van der Waals surface area contributed by atoms with Crippen molar-refractivity contribution < 1.29 is 14.3 Å². The first-order valence-corrected chi connectivity index (χ1v) is 7.83. The molecular formula is C17H19N3O3. The molecule has 6 nitrogen and oxygen atoms in total. The van der Waals surface area contributed by atoms with Crippen molar-refractivity contribution >= 4 is 11.9 Å². The second kappa shape index (κ2) is 5.01. The molecule has 120 valence electrons. The van der Waals surface area contributed by atoms with Crippen LogP contribution in [0.5, 0.6) is 5.75 Å². The van der Waals surface area contributed by atoms with Crippen LogP contribution in [0, 0.1) is 0 Å². The molecule has 0 unspecified atom stereocenters. The summed E-state index contributed by atoms with van der Waals surface area (Å²) in [6, 6.07) is 7.19. The molecule has 3 aliphatic rings. The zero-order chi connectivity index (χ0) is 16.1. The Kier molecular flexibility index (Phi) is 3.07. The molecule has 3 amide bonds. The Labute approximate surface area is 134 Å². The van der Waals surface area contributed by atoms with Gasteiger partial charge in [-0.05, 0) is 18.9 Å². The number of rotatable bonds is 3. The van der Waals surface area contributed by atoms with Gasteiger partial charge in [0, 0.05) is 18.7 Å². The second-order valence-corrected chi connectivity index (χ2v) is 6.21. The Morgan fingerprint density at radius 3 is 2.65 bits per heavy atom. The van der Waals surface area contributed by atoms with Crippen molar-refractivity contribution in [1.82, 2.24) is 15.1 Å². The van der Waals surface area contributed by atoms with Crippen LogP contribution in [0.3, 0.4) is 0 Å². The molecule has 1 atom stereocenters. The van der Waals surface area contributed by atoms with Gasteiger partial charge in [-0.15, -0.1) is 0 Å². The number of para-hydroxylation sites is 1. The maximum absolute atomic E-state index is 12.9. The number of amides is 3. The highest BCUT2D eigenvalue weighted by molar-refractivity contribution is 6.01. The quantitative estimate of drug-likeness (QED) is 0.923.